The van der Waals surface area contributed by atoms with Gasteiger partial charge in [-0.25, -0.2) is 4.98 Å². The highest BCUT2D eigenvalue weighted by Gasteiger charge is 2.41. The topological polar surface area (TPSA) is 45.4 Å². The van der Waals surface area contributed by atoms with Crippen molar-refractivity contribution in [2.75, 3.05) is 30.8 Å². The molecule has 1 aromatic rings. The van der Waals surface area contributed by atoms with E-state index in [4.69, 9.17) is 5.73 Å². The van der Waals surface area contributed by atoms with Crippen LogP contribution in [0.4, 0.5) is 11.5 Å². The summed E-state index contributed by atoms with van der Waals surface area (Å²) in [5.74, 6) is 0.597. The van der Waals surface area contributed by atoms with E-state index in [0.29, 0.717) is 11.9 Å². The molecule has 80 valence electrons. The van der Waals surface area contributed by atoms with Crippen LogP contribution in [0.15, 0.2) is 18.3 Å². The van der Waals surface area contributed by atoms with Crippen molar-refractivity contribution in [3.05, 3.63) is 18.3 Å². The van der Waals surface area contributed by atoms with Gasteiger partial charge in [0, 0.05) is 25.2 Å². The Hall–Kier alpha value is -1.29. The summed E-state index contributed by atoms with van der Waals surface area (Å²) in [4.78, 5) is 9.05. The number of piperazine rings is 1. The van der Waals surface area contributed by atoms with Crippen molar-refractivity contribution in [3.8, 4) is 0 Å². The van der Waals surface area contributed by atoms with E-state index in [9.17, 15) is 0 Å². The molecule has 2 aliphatic rings. The van der Waals surface area contributed by atoms with Gasteiger partial charge in [-0.2, -0.15) is 0 Å². The van der Waals surface area contributed by atoms with Gasteiger partial charge < -0.3 is 10.6 Å². The zero-order valence-electron chi connectivity index (χ0n) is 8.93. The normalized spacial score (nSPS) is 30.1. The van der Waals surface area contributed by atoms with Gasteiger partial charge in [0.2, 0.25) is 0 Å². The summed E-state index contributed by atoms with van der Waals surface area (Å²) in [6, 6.07) is 5.35. The minimum absolute atomic E-state index is 0.597. The van der Waals surface area contributed by atoms with Gasteiger partial charge in [-0.1, -0.05) is 0 Å². The van der Waals surface area contributed by atoms with Crippen molar-refractivity contribution in [3.63, 3.8) is 0 Å². The number of nitrogens with two attached hydrogens (primary N) is 1. The van der Waals surface area contributed by atoms with Crippen molar-refractivity contribution in [1.29, 1.82) is 0 Å². The summed E-state index contributed by atoms with van der Waals surface area (Å²) < 4.78 is 0. The molecule has 15 heavy (non-hydrogen) atoms. The van der Waals surface area contributed by atoms with Crippen LogP contribution < -0.4 is 10.6 Å². The third-order valence-electron chi connectivity index (χ3n) is 3.62. The number of nitrogen functional groups attached to an aromatic ring is 1. The van der Waals surface area contributed by atoms with E-state index in [2.05, 4.69) is 27.9 Å². The Morgan fingerprint density at radius 2 is 2.20 bits per heavy atom. The molecule has 3 rings (SSSR count). The van der Waals surface area contributed by atoms with E-state index in [1.54, 1.807) is 0 Å². The molecule has 0 radical (unpaired) electrons. The quantitative estimate of drug-likeness (QED) is 0.726. The lowest BCUT2D eigenvalue weighted by Crippen LogP contribution is -2.44. The first-order valence-corrected chi connectivity index (χ1v) is 5.42. The van der Waals surface area contributed by atoms with E-state index < -0.39 is 0 Å². The summed E-state index contributed by atoms with van der Waals surface area (Å²) >= 11 is 0. The minimum Gasteiger partial charge on any atom is -0.384 e. The van der Waals surface area contributed by atoms with Gasteiger partial charge in [-0.15, -0.1) is 0 Å². The molecule has 0 amide bonds. The van der Waals surface area contributed by atoms with Crippen molar-refractivity contribution >= 4 is 11.5 Å². The molecular weight excluding hydrogens is 188 g/mol. The molecule has 0 spiro atoms. The Morgan fingerprint density at radius 1 is 1.33 bits per heavy atom. The molecule has 3 heterocycles. The molecular formula is C11H16N4. The number of anilines is 2. The molecule has 2 N–H and O–H groups in total. The Morgan fingerprint density at radius 3 is 2.73 bits per heavy atom. The molecule has 0 unspecified atom stereocenters. The fourth-order valence-electron chi connectivity index (χ4n) is 2.75. The first kappa shape index (κ1) is 8.97. The van der Waals surface area contributed by atoms with Crippen LogP contribution in [0.1, 0.15) is 6.42 Å². The van der Waals surface area contributed by atoms with E-state index >= 15 is 0 Å². The molecule has 1 aromatic heterocycles. The van der Waals surface area contributed by atoms with Crippen LogP contribution in [0.5, 0.6) is 0 Å². The van der Waals surface area contributed by atoms with Gasteiger partial charge in [-0.3, -0.25) is 4.90 Å². The smallest absolute Gasteiger partial charge is 0.123 e. The van der Waals surface area contributed by atoms with Crippen LogP contribution in [0, 0.1) is 0 Å². The molecule has 2 aliphatic heterocycles. The first-order valence-electron chi connectivity index (χ1n) is 5.42. The summed E-state index contributed by atoms with van der Waals surface area (Å²) in [6.07, 6.45) is 3.18. The van der Waals surface area contributed by atoms with E-state index in [1.165, 1.54) is 18.7 Å². The lowest BCUT2D eigenvalue weighted by atomic mass is 10.2. The number of hydrogen-bond acceptors (Lipinski definition) is 4. The average Bonchev–Trinajstić information content (AvgIpc) is 2.77. The third-order valence-corrected chi connectivity index (χ3v) is 3.62. The molecule has 0 aromatic carbocycles. The summed E-state index contributed by atoms with van der Waals surface area (Å²) in [7, 11) is 2.21. The lowest BCUT2D eigenvalue weighted by Gasteiger charge is -2.33. The maximum Gasteiger partial charge on any atom is 0.123 e. The highest BCUT2D eigenvalue weighted by molar-refractivity contribution is 5.51. The monoisotopic (exact) mass is 204 g/mol. The third kappa shape index (κ3) is 1.36. The first-order chi connectivity index (χ1) is 7.24. The molecule has 2 bridgehead atoms. The SMILES string of the molecule is CN1C[C@H]2C[C@@H]1CN2c1ccc(N)nc1. The molecule has 0 saturated carbocycles. The number of rotatable bonds is 1. The van der Waals surface area contributed by atoms with Crippen LogP contribution in [0.2, 0.25) is 0 Å². The van der Waals surface area contributed by atoms with Gasteiger partial charge in [0.15, 0.2) is 0 Å². The molecule has 2 saturated heterocycles. The zero-order valence-corrected chi connectivity index (χ0v) is 8.93. The number of likely N-dealkylation sites (N-methyl/N-ethyl adjacent to an activating group) is 1. The van der Waals surface area contributed by atoms with Gasteiger partial charge >= 0.3 is 0 Å². The zero-order chi connectivity index (χ0) is 10.4. The van der Waals surface area contributed by atoms with E-state index in [-0.39, 0.29) is 0 Å². The number of nitrogens with zero attached hydrogens (tertiary/aromatic N) is 3. The molecule has 4 nitrogen and oxygen atoms in total. The second-order valence-electron chi connectivity index (χ2n) is 4.58. The average molecular weight is 204 g/mol. The van der Waals surface area contributed by atoms with Crippen molar-refractivity contribution in [2.45, 2.75) is 18.5 Å². The van der Waals surface area contributed by atoms with Gasteiger partial charge in [-0.05, 0) is 25.6 Å². The Balaban J connectivity index is 1.83. The molecule has 2 atom stereocenters. The summed E-state index contributed by atoms with van der Waals surface area (Å²) in [6.45, 7) is 2.31. The predicted molar refractivity (Wildman–Crippen MR) is 60.8 cm³/mol. The van der Waals surface area contributed by atoms with Crippen LogP contribution >= 0.6 is 0 Å². The Bertz CT molecular complexity index is 359. The number of aromatic nitrogens is 1. The largest absolute Gasteiger partial charge is 0.384 e. The molecule has 0 aliphatic carbocycles. The van der Waals surface area contributed by atoms with Gasteiger partial charge in [0.1, 0.15) is 5.82 Å². The maximum atomic E-state index is 5.59. The van der Waals surface area contributed by atoms with Crippen LogP contribution in [0.3, 0.4) is 0 Å². The molecule has 4 heteroatoms. The predicted octanol–water partition coefficient (Wildman–Crippen LogP) is 0.556. The van der Waals surface area contributed by atoms with Crippen LogP contribution in [-0.2, 0) is 0 Å². The van der Waals surface area contributed by atoms with E-state index in [0.717, 1.165) is 12.6 Å². The van der Waals surface area contributed by atoms with Gasteiger partial charge in [0.25, 0.3) is 0 Å². The van der Waals surface area contributed by atoms with Crippen LogP contribution in [-0.4, -0.2) is 42.1 Å². The van der Waals surface area contributed by atoms with Gasteiger partial charge in [0.05, 0.1) is 11.9 Å². The number of fused-ring (bicyclic) bond motifs is 2. The van der Waals surface area contributed by atoms with Crippen molar-refractivity contribution in [1.82, 2.24) is 9.88 Å². The second kappa shape index (κ2) is 3.10. The lowest BCUT2D eigenvalue weighted by molar-refractivity contribution is 0.292. The number of pyridine rings is 1. The summed E-state index contributed by atoms with van der Waals surface area (Å²) in [5, 5.41) is 0. The fourth-order valence-corrected chi connectivity index (χ4v) is 2.75. The van der Waals surface area contributed by atoms with E-state index in [1.807, 2.05) is 12.3 Å². The number of hydrogen-bond donors (Lipinski definition) is 1. The van der Waals surface area contributed by atoms with Crippen molar-refractivity contribution < 1.29 is 0 Å². The highest BCUT2D eigenvalue weighted by Crippen LogP contribution is 2.33. The maximum absolute atomic E-state index is 5.59. The minimum atomic E-state index is 0.597. The standard InChI is InChI=1S/C11H16N4/c1-14-6-10-4-9(14)7-15(10)8-2-3-11(12)13-5-8/h2-3,5,9-10H,4,6-7H2,1H3,(H2,12,13)/t9-,10-/m1/s1. The second-order valence-corrected chi connectivity index (χ2v) is 4.58. The fraction of sp³-hybridized carbons (Fsp3) is 0.545. The van der Waals surface area contributed by atoms with Crippen LogP contribution in [0.25, 0.3) is 0 Å². The number of likely N-dealkylation sites (tertiary alicyclic amines) is 1. The summed E-state index contributed by atoms with van der Waals surface area (Å²) in [5.41, 5.74) is 6.80. The highest BCUT2D eigenvalue weighted by atomic mass is 15.3. The molecule has 2 fully saturated rings. The van der Waals surface area contributed by atoms with Crippen molar-refractivity contribution in [2.24, 2.45) is 0 Å². The Labute approximate surface area is 89.7 Å². The Kier molecular flexibility index (Phi) is 1.85.